The van der Waals surface area contributed by atoms with Crippen molar-refractivity contribution in [3.05, 3.63) is 0 Å². The van der Waals surface area contributed by atoms with E-state index in [1.807, 2.05) is 0 Å². The second-order valence-electron chi connectivity index (χ2n) is 4.32. The Hall–Kier alpha value is 0.250. The molecule has 0 aromatic rings. The van der Waals surface area contributed by atoms with E-state index in [0.29, 0.717) is 17.3 Å². The van der Waals surface area contributed by atoms with E-state index >= 15 is 0 Å². The number of hydrogen-bond acceptors (Lipinski definition) is 1. The molecule has 0 aromatic heterocycles. The molecule has 1 nitrogen and oxygen atoms in total. The summed E-state index contributed by atoms with van der Waals surface area (Å²) in [6, 6.07) is 0.444. The van der Waals surface area contributed by atoms with Gasteiger partial charge >= 0.3 is 0 Å². The topological polar surface area (TPSA) is 12.0 Å². The van der Waals surface area contributed by atoms with E-state index in [4.69, 9.17) is 11.6 Å². The van der Waals surface area contributed by atoms with Crippen molar-refractivity contribution < 1.29 is 0 Å². The molecule has 0 radical (unpaired) electrons. The average molecular weight is 178 g/mol. The zero-order valence-electron chi connectivity index (χ0n) is 8.08. The highest BCUT2D eigenvalue weighted by molar-refractivity contribution is 6.18. The van der Waals surface area contributed by atoms with Crippen LogP contribution in [0.4, 0.5) is 0 Å². The lowest BCUT2D eigenvalue weighted by Gasteiger charge is -2.19. The standard InChI is InChI=1S/C9H20ClN/c1-8(7-10)11-6-5-9(2,3)4/h8,11H,5-7H2,1-4H3. The molecule has 0 saturated carbocycles. The van der Waals surface area contributed by atoms with Gasteiger partial charge < -0.3 is 5.32 Å². The third-order valence-electron chi connectivity index (χ3n) is 1.60. The fourth-order valence-electron chi connectivity index (χ4n) is 0.748. The maximum absolute atomic E-state index is 5.64. The number of rotatable bonds is 4. The summed E-state index contributed by atoms with van der Waals surface area (Å²) in [5.74, 6) is 0.699. The second kappa shape index (κ2) is 5.00. The molecule has 1 unspecified atom stereocenters. The Morgan fingerprint density at radius 2 is 1.91 bits per heavy atom. The van der Waals surface area contributed by atoms with E-state index in [1.54, 1.807) is 0 Å². The lowest BCUT2D eigenvalue weighted by Crippen LogP contribution is -2.30. The summed E-state index contributed by atoms with van der Waals surface area (Å²) in [5.41, 5.74) is 0.430. The lowest BCUT2D eigenvalue weighted by atomic mass is 9.92. The van der Waals surface area contributed by atoms with Gasteiger partial charge in [-0.1, -0.05) is 20.8 Å². The van der Waals surface area contributed by atoms with Gasteiger partial charge in [-0.15, -0.1) is 11.6 Å². The molecular weight excluding hydrogens is 158 g/mol. The molecule has 0 aliphatic heterocycles. The van der Waals surface area contributed by atoms with Crippen LogP contribution in [0.1, 0.15) is 34.1 Å². The van der Waals surface area contributed by atoms with Crippen LogP contribution in [0.5, 0.6) is 0 Å². The molecule has 0 bridgehead atoms. The van der Waals surface area contributed by atoms with Gasteiger partial charge in [-0.25, -0.2) is 0 Å². The summed E-state index contributed by atoms with van der Waals surface area (Å²) >= 11 is 5.64. The van der Waals surface area contributed by atoms with Crippen molar-refractivity contribution in [3.63, 3.8) is 0 Å². The van der Waals surface area contributed by atoms with Gasteiger partial charge in [0.2, 0.25) is 0 Å². The molecule has 0 aliphatic carbocycles. The Morgan fingerprint density at radius 1 is 1.36 bits per heavy atom. The maximum atomic E-state index is 5.64. The van der Waals surface area contributed by atoms with E-state index in [0.717, 1.165) is 6.54 Å². The molecule has 0 aromatic carbocycles. The Labute approximate surface area is 75.5 Å². The maximum Gasteiger partial charge on any atom is 0.0374 e. The van der Waals surface area contributed by atoms with Gasteiger partial charge in [0, 0.05) is 11.9 Å². The smallest absolute Gasteiger partial charge is 0.0374 e. The van der Waals surface area contributed by atoms with Crippen LogP contribution in [-0.2, 0) is 0 Å². The monoisotopic (exact) mass is 177 g/mol. The lowest BCUT2D eigenvalue weighted by molar-refractivity contribution is 0.360. The highest BCUT2D eigenvalue weighted by Gasteiger charge is 2.09. The zero-order valence-corrected chi connectivity index (χ0v) is 8.83. The quantitative estimate of drug-likeness (QED) is 0.652. The highest BCUT2D eigenvalue weighted by atomic mass is 35.5. The molecule has 2 heteroatoms. The Bertz CT molecular complexity index is 96.2. The van der Waals surface area contributed by atoms with Crippen LogP contribution >= 0.6 is 11.6 Å². The van der Waals surface area contributed by atoms with Crippen molar-refractivity contribution in [2.45, 2.75) is 40.2 Å². The molecule has 0 heterocycles. The number of alkyl halides is 1. The zero-order chi connectivity index (χ0) is 8.91. The fourth-order valence-corrected chi connectivity index (χ4v) is 0.857. The van der Waals surface area contributed by atoms with Gasteiger partial charge in [0.05, 0.1) is 0 Å². The van der Waals surface area contributed by atoms with Crippen molar-refractivity contribution in [2.75, 3.05) is 12.4 Å². The van der Waals surface area contributed by atoms with Crippen LogP contribution < -0.4 is 5.32 Å². The minimum Gasteiger partial charge on any atom is -0.313 e. The molecule has 68 valence electrons. The van der Waals surface area contributed by atoms with Crippen molar-refractivity contribution in [1.82, 2.24) is 5.32 Å². The molecule has 11 heavy (non-hydrogen) atoms. The van der Waals surface area contributed by atoms with Crippen molar-refractivity contribution in [1.29, 1.82) is 0 Å². The summed E-state index contributed by atoms with van der Waals surface area (Å²) in [6.07, 6.45) is 1.20. The second-order valence-corrected chi connectivity index (χ2v) is 4.63. The first-order valence-corrected chi connectivity index (χ1v) is 4.78. The summed E-state index contributed by atoms with van der Waals surface area (Å²) < 4.78 is 0. The SMILES string of the molecule is CC(CCl)NCCC(C)(C)C. The number of nitrogens with one attached hydrogen (secondary N) is 1. The molecule has 0 aliphatic rings. The highest BCUT2D eigenvalue weighted by Crippen LogP contribution is 2.16. The Kier molecular flexibility index (Phi) is 5.11. The molecule has 0 fully saturated rings. The van der Waals surface area contributed by atoms with E-state index in [-0.39, 0.29) is 0 Å². The normalized spacial score (nSPS) is 15.0. The first-order valence-electron chi connectivity index (χ1n) is 4.25. The van der Waals surface area contributed by atoms with Crippen molar-refractivity contribution >= 4 is 11.6 Å². The van der Waals surface area contributed by atoms with Gasteiger partial charge in [-0.3, -0.25) is 0 Å². The van der Waals surface area contributed by atoms with E-state index in [9.17, 15) is 0 Å². The van der Waals surface area contributed by atoms with Crippen LogP contribution in [0.3, 0.4) is 0 Å². The minimum atomic E-state index is 0.430. The van der Waals surface area contributed by atoms with Gasteiger partial charge in [0.25, 0.3) is 0 Å². The van der Waals surface area contributed by atoms with Crippen LogP contribution in [0.2, 0.25) is 0 Å². The van der Waals surface area contributed by atoms with Gasteiger partial charge in [-0.05, 0) is 25.3 Å². The van der Waals surface area contributed by atoms with E-state index in [1.165, 1.54) is 6.42 Å². The number of halogens is 1. The van der Waals surface area contributed by atoms with Crippen LogP contribution in [0, 0.1) is 5.41 Å². The average Bonchev–Trinajstić information content (AvgIpc) is 1.85. The van der Waals surface area contributed by atoms with Crippen molar-refractivity contribution in [2.24, 2.45) is 5.41 Å². The molecule has 1 atom stereocenters. The van der Waals surface area contributed by atoms with Gasteiger partial charge in [0.1, 0.15) is 0 Å². The van der Waals surface area contributed by atoms with Gasteiger partial charge in [0.15, 0.2) is 0 Å². The Morgan fingerprint density at radius 3 is 2.27 bits per heavy atom. The molecule has 1 N–H and O–H groups in total. The molecule has 0 amide bonds. The third kappa shape index (κ3) is 8.15. The number of hydrogen-bond donors (Lipinski definition) is 1. The Balaban J connectivity index is 3.28. The van der Waals surface area contributed by atoms with Crippen LogP contribution in [0.25, 0.3) is 0 Å². The van der Waals surface area contributed by atoms with Crippen LogP contribution in [-0.4, -0.2) is 18.5 Å². The summed E-state index contributed by atoms with van der Waals surface area (Å²) in [5, 5.41) is 3.36. The molecule has 0 saturated heterocycles. The van der Waals surface area contributed by atoms with E-state index < -0.39 is 0 Å². The summed E-state index contributed by atoms with van der Waals surface area (Å²) in [6.45, 7) is 9.92. The third-order valence-corrected chi connectivity index (χ3v) is 2.06. The van der Waals surface area contributed by atoms with Gasteiger partial charge in [-0.2, -0.15) is 0 Å². The fraction of sp³-hybridized carbons (Fsp3) is 1.00. The predicted octanol–water partition coefficient (Wildman–Crippen LogP) is 2.64. The largest absolute Gasteiger partial charge is 0.313 e. The van der Waals surface area contributed by atoms with Crippen LogP contribution in [0.15, 0.2) is 0 Å². The molecular formula is C9H20ClN. The van der Waals surface area contributed by atoms with Crippen molar-refractivity contribution in [3.8, 4) is 0 Å². The minimum absolute atomic E-state index is 0.430. The molecule has 0 rings (SSSR count). The summed E-state index contributed by atoms with van der Waals surface area (Å²) in [4.78, 5) is 0. The first-order chi connectivity index (χ1) is 4.95. The molecule has 0 spiro atoms. The first kappa shape index (κ1) is 11.2. The summed E-state index contributed by atoms with van der Waals surface area (Å²) in [7, 11) is 0. The van der Waals surface area contributed by atoms with E-state index in [2.05, 4.69) is 33.0 Å². The predicted molar refractivity (Wildman–Crippen MR) is 52.3 cm³/mol.